The molecular formula is C20H25N3O7. The van der Waals surface area contributed by atoms with Crippen molar-refractivity contribution in [2.24, 2.45) is 11.5 Å². The molecule has 10 heteroatoms. The molecule has 0 unspecified atom stereocenters. The Bertz CT molecular complexity index is 838. The average Bonchev–Trinajstić information content (AvgIpc) is 2.71. The minimum atomic E-state index is -1.13. The largest absolute Gasteiger partial charge is 0.508 e. The minimum Gasteiger partial charge on any atom is -0.508 e. The van der Waals surface area contributed by atoms with Gasteiger partial charge in [0.25, 0.3) is 0 Å². The topological polar surface area (TPSA) is 196 Å². The lowest BCUT2D eigenvalue weighted by molar-refractivity contribution is -0.141. The summed E-state index contributed by atoms with van der Waals surface area (Å²) in [6, 6.07) is 10.5. The Balaban J connectivity index is 0.000000311. The van der Waals surface area contributed by atoms with E-state index >= 15 is 0 Å². The number of phenolic OH excluding ortho intramolecular Hbond substituents is 2. The fourth-order valence-electron chi connectivity index (χ4n) is 2.29. The van der Waals surface area contributed by atoms with Gasteiger partial charge in [-0.2, -0.15) is 0 Å². The predicted octanol–water partition coefficient (Wildman–Crippen LogP) is -0.191. The zero-order valence-electron chi connectivity index (χ0n) is 16.1. The number of benzene rings is 2. The molecule has 2 aromatic carbocycles. The Hall–Kier alpha value is -3.63. The fraction of sp³-hybridized carbons (Fsp3) is 0.250. The second-order valence-electron chi connectivity index (χ2n) is 6.35. The van der Waals surface area contributed by atoms with Crippen LogP contribution >= 0.6 is 0 Å². The van der Waals surface area contributed by atoms with Crippen LogP contribution in [0.2, 0.25) is 0 Å². The maximum absolute atomic E-state index is 11.0. The number of nitrogens with one attached hydrogen (secondary N) is 1. The number of carbonyl (C=O) groups is 3. The first-order valence-corrected chi connectivity index (χ1v) is 8.88. The fourth-order valence-corrected chi connectivity index (χ4v) is 2.29. The van der Waals surface area contributed by atoms with E-state index < -0.39 is 29.9 Å². The molecule has 0 saturated heterocycles. The summed E-state index contributed by atoms with van der Waals surface area (Å²) in [4.78, 5) is 32.3. The maximum atomic E-state index is 11.0. The first-order valence-electron chi connectivity index (χ1n) is 8.88. The summed E-state index contributed by atoms with van der Waals surface area (Å²) in [6.07, 6.45) is 0.414. The monoisotopic (exact) mass is 419 g/mol. The summed E-state index contributed by atoms with van der Waals surface area (Å²) >= 11 is 0. The molecule has 0 fully saturated rings. The molecule has 9 N–H and O–H groups in total. The van der Waals surface area contributed by atoms with Crippen LogP contribution in [0.5, 0.6) is 11.5 Å². The molecule has 0 bridgehead atoms. The predicted molar refractivity (Wildman–Crippen MR) is 108 cm³/mol. The summed E-state index contributed by atoms with van der Waals surface area (Å²) in [5.74, 6) is -2.40. The second kappa shape index (κ2) is 12.0. The first-order chi connectivity index (χ1) is 14.1. The molecule has 30 heavy (non-hydrogen) atoms. The van der Waals surface area contributed by atoms with E-state index in [-0.39, 0.29) is 30.9 Å². The van der Waals surface area contributed by atoms with E-state index in [9.17, 15) is 14.4 Å². The van der Waals surface area contributed by atoms with Crippen molar-refractivity contribution in [3.05, 3.63) is 59.7 Å². The lowest BCUT2D eigenvalue weighted by Gasteiger charge is -2.13. The Morgan fingerprint density at radius 3 is 1.60 bits per heavy atom. The summed E-state index contributed by atoms with van der Waals surface area (Å²) < 4.78 is 0. The molecule has 0 spiro atoms. The lowest BCUT2D eigenvalue weighted by atomic mass is 10.1. The van der Waals surface area contributed by atoms with Gasteiger partial charge < -0.3 is 37.2 Å². The van der Waals surface area contributed by atoms with Crippen LogP contribution in [-0.2, 0) is 27.2 Å². The zero-order chi connectivity index (χ0) is 22.7. The molecule has 2 rings (SSSR count). The highest BCUT2D eigenvalue weighted by Gasteiger charge is 2.19. The molecule has 10 nitrogen and oxygen atoms in total. The SMILES string of the molecule is NCC(=O)N[C@@H](Cc1ccc(O)cc1)C(=O)O.N[C@@H](Cc1ccc(O)cc1)C(=O)O. The third-order valence-corrected chi connectivity index (χ3v) is 3.90. The number of phenols is 2. The van der Waals surface area contributed by atoms with E-state index in [0.717, 1.165) is 5.56 Å². The van der Waals surface area contributed by atoms with Gasteiger partial charge in [-0.3, -0.25) is 9.59 Å². The number of hydrogen-bond donors (Lipinski definition) is 7. The number of aromatic hydroxyl groups is 2. The van der Waals surface area contributed by atoms with Crippen LogP contribution in [0.4, 0.5) is 0 Å². The molecule has 0 heterocycles. The van der Waals surface area contributed by atoms with E-state index in [1.165, 1.54) is 24.3 Å². The Morgan fingerprint density at radius 1 is 0.800 bits per heavy atom. The van der Waals surface area contributed by atoms with Crippen molar-refractivity contribution < 1.29 is 34.8 Å². The molecule has 0 saturated carbocycles. The van der Waals surface area contributed by atoms with Crippen molar-refractivity contribution >= 4 is 17.8 Å². The molecule has 2 atom stereocenters. The first kappa shape index (κ1) is 24.4. The Kier molecular flexibility index (Phi) is 9.80. The van der Waals surface area contributed by atoms with Crippen LogP contribution in [0.3, 0.4) is 0 Å². The van der Waals surface area contributed by atoms with Gasteiger partial charge in [-0.1, -0.05) is 24.3 Å². The van der Waals surface area contributed by atoms with Crippen molar-refractivity contribution in [1.82, 2.24) is 5.32 Å². The smallest absolute Gasteiger partial charge is 0.326 e. The number of amides is 1. The Labute approximate surface area is 172 Å². The molecule has 0 aliphatic rings. The summed E-state index contributed by atoms with van der Waals surface area (Å²) in [6.45, 7) is -0.251. The number of hydrogen-bond acceptors (Lipinski definition) is 7. The third kappa shape index (κ3) is 9.04. The van der Waals surface area contributed by atoms with Gasteiger partial charge in [0, 0.05) is 6.42 Å². The van der Waals surface area contributed by atoms with Gasteiger partial charge in [-0.15, -0.1) is 0 Å². The highest BCUT2D eigenvalue weighted by atomic mass is 16.4. The molecule has 0 aromatic heterocycles. The summed E-state index contributed by atoms with van der Waals surface area (Å²) in [5.41, 5.74) is 11.9. The van der Waals surface area contributed by atoms with E-state index in [4.69, 9.17) is 31.9 Å². The molecule has 1 amide bonds. The summed E-state index contributed by atoms with van der Waals surface area (Å²) in [7, 11) is 0. The molecule has 2 aromatic rings. The van der Waals surface area contributed by atoms with Crippen molar-refractivity contribution in [3.63, 3.8) is 0 Å². The summed E-state index contributed by atoms with van der Waals surface area (Å²) in [5, 5.41) is 37.8. The third-order valence-electron chi connectivity index (χ3n) is 3.90. The van der Waals surface area contributed by atoms with Crippen LogP contribution in [0.25, 0.3) is 0 Å². The number of aliphatic carboxylic acids is 2. The maximum Gasteiger partial charge on any atom is 0.326 e. The minimum absolute atomic E-state index is 0.103. The van der Waals surface area contributed by atoms with E-state index in [0.29, 0.717) is 5.56 Å². The molecule has 0 aliphatic heterocycles. The standard InChI is InChI=1S/C11H14N2O4.C9H11NO3/c12-6-10(15)13-9(11(16)17)5-7-1-3-8(14)4-2-7;10-8(9(12)13)5-6-1-3-7(11)4-2-6/h1-4,9,14H,5-6,12H2,(H,13,15)(H,16,17);1-4,8,11H,5,10H2,(H,12,13)/t9-;8-/m00/s1. The highest BCUT2D eigenvalue weighted by molar-refractivity contribution is 5.84. The van der Waals surface area contributed by atoms with Gasteiger partial charge in [0.2, 0.25) is 5.91 Å². The average molecular weight is 419 g/mol. The van der Waals surface area contributed by atoms with E-state index in [1.807, 2.05) is 0 Å². The second-order valence-corrected chi connectivity index (χ2v) is 6.35. The number of carboxylic acid groups (broad SMARTS) is 2. The van der Waals surface area contributed by atoms with Crippen molar-refractivity contribution in [1.29, 1.82) is 0 Å². The van der Waals surface area contributed by atoms with Gasteiger partial charge in [0.15, 0.2) is 0 Å². The molecule has 0 aliphatic carbocycles. The normalized spacial score (nSPS) is 12.1. The van der Waals surface area contributed by atoms with Gasteiger partial charge >= 0.3 is 11.9 Å². The van der Waals surface area contributed by atoms with Gasteiger partial charge in [0.05, 0.1) is 6.54 Å². The highest BCUT2D eigenvalue weighted by Crippen LogP contribution is 2.12. The van der Waals surface area contributed by atoms with Gasteiger partial charge in [-0.25, -0.2) is 4.79 Å². The van der Waals surface area contributed by atoms with Crippen LogP contribution in [0, 0.1) is 0 Å². The van der Waals surface area contributed by atoms with Crippen molar-refractivity contribution in [3.8, 4) is 11.5 Å². The van der Waals surface area contributed by atoms with Crippen LogP contribution < -0.4 is 16.8 Å². The van der Waals surface area contributed by atoms with Gasteiger partial charge in [-0.05, 0) is 41.8 Å². The van der Waals surface area contributed by atoms with E-state index in [2.05, 4.69) is 5.32 Å². The van der Waals surface area contributed by atoms with E-state index in [1.54, 1.807) is 24.3 Å². The molecular weight excluding hydrogens is 394 g/mol. The quantitative estimate of drug-likeness (QED) is 0.303. The van der Waals surface area contributed by atoms with Crippen LogP contribution in [-0.4, -0.2) is 56.9 Å². The van der Waals surface area contributed by atoms with Crippen molar-refractivity contribution in [2.75, 3.05) is 6.54 Å². The molecule has 0 radical (unpaired) electrons. The number of nitrogens with two attached hydrogens (primary N) is 2. The molecule has 162 valence electrons. The number of carbonyl (C=O) groups excluding carboxylic acids is 1. The van der Waals surface area contributed by atoms with Crippen molar-refractivity contribution in [2.45, 2.75) is 24.9 Å². The Morgan fingerprint density at radius 2 is 1.23 bits per heavy atom. The lowest BCUT2D eigenvalue weighted by Crippen LogP contribution is -2.44. The van der Waals surface area contributed by atoms with Crippen LogP contribution in [0.1, 0.15) is 11.1 Å². The number of carboxylic acids is 2. The zero-order valence-corrected chi connectivity index (χ0v) is 16.1. The van der Waals surface area contributed by atoms with Crippen LogP contribution in [0.15, 0.2) is 48.5 Å². The number of rotatable bonds is 8. The van der Waals surface area contributed by atoms with Gasteiger partial charge in [0.1, 0.15) is 23.6 Å².